The first kappa shape index (κ1) is 12.1. The monoisotopic (exact) mass is 259 g/mol. The van der Waals surface area contributed by atoms with Crippen LogP contribution in [0.25, 0.3) is 0 Å². The first-order chi connectivity index (χ1) is 6.68. The number of hydrogen-bond acceptors (Lipinski definition) is 3. The summed E-state index contributed by atoms with van der Waals surface area (Å²) in [5.74, 6) is 0. The molecule has 1 aromatic carbocycles. The third kappa shape index (κ3) is 2.03. The molecule has 8 heteroatoms. The zero-order chi connectivity index (χ0) is 11.9. The minimum Gasteiger partial charge on any atom is -0.398 e. The summed E-state index contributed by atoms with van der Waals surface area (Å²) < 4.78 is 58.5. The van der Waals surface area contributed by atoms with E-state index in [1.54, 1.807) is 0 Å². The van der Waals surface area contributed by atoms with Crippen LogP contribution in [0.4, 0.5) is 18.9 Å². The molecule has 15 heavy (non-hydrogen) atoms. The predicted molar refractivity (Wildman–Crippen MR) is 49.1 cm³/mol. The van der Waals surface area contributed by atoms with Crippen LogP contribution in [0.3, 0.4) is 0 Å². The van der Waals surface area contributed by atoms with Gasteiger partial charge in [-0.05, 0) is 12.1 Å². The summed E-state index contributed by atoms with van der Waals surface area (Å²) in [6, 6.07) is 3.31. The molecule has 0 amide bonds. The van der Waals surface area contributed by atoms with E-state index < -0.39 is 31.0 Å². The standard InChI is InChI=1S/C7H5ClF3NO2S/c8-4-2-1-3-5(12)6(4)15(13,14)7(9,10)11/h1-3H,12H2. The number of halogens is 4. The molecule has 0 aliphatic carbocycles. The number of sulfone groups is 1. The highest BCUT2D eigenvalue weighted by atomic mass is 35.5. The van der Waals surface area contributed by atoms with Gasteiger partial charge in [-0.2, -0.15) is 13.2 Å². The van der Waals surface area contributed by atoms with Crippen molar-refractivity contribution in [3.05, 3.63) is 23.2 Å². The topological polar surface area (TPSA) is 60.2 Å². The van der Waals surface area contributed by atoms with Crippen LogP contribution in [-0.4, -0.2) is 13.9 Å². The molecule has 0 spiro atoms. The lowest BCUT2D eigenvalue weighted by Gasteiger charge is -2.11. The summed E-state index contributed by atoms with van der Waals surface area (Å²) >= 11 is 5.36. The maximum absolute atomic E-state index is 12.2. The van der Waals surface area contributed by atoms with Crippen LogP contribution in [0.1, 0.15) is 0 Å². The number of nitrogen functional groups attached to an aromatic ring is 1. The molecule has 84 valence electrons. The smallest absolute Gasteiger partial charge is 0.398 e. The zero-order valence-electron chi connectivity index (χ0n) is 7.05. The van der Waals surface area contributed by atoms with E-state index in [-0.39, 0.29) is 0 Å². The van der Waals surface area contributed by atoms with Crippen molar-refractivity contribution in [3.63, 3.8) is 0 Å². The normalized spacial score (nSPS) is 12.8. The highest BCUT2D eigenvalue weighted by molar-refractivity contribution is 7.92. The number of hydrogen-bond donors (Lipinski definition) is 1. The molecule has 2 N–H and O–H groups in total. The summed E-state index contributed by atoms with van der Waals surface area (Å²) in [6.45, 7) is 0. The van der Waals surface area contributed by atoms with Crippen molar-refractivity contribution in [2.24, 2.45) is 0 Å². The summed E-state index contributed by atoms with van der Waals surface area (Å²) in [5, 5.41) is -0.549. The Bertz CT molecular complexity index is 463. The van der Waals surface area contributed by atoms with Gasteiger partial charge in [-0.25, -0.2) is 8.42 Å². The van der Waals surface area contributed by atoms with E-state index in [1.807, 2.05) is 0 Å². The van der Waals surface area contributed by atoms with E-state index in [4.69, 9.17) is 17.3 Å². The Morgan fingerprint density at radius 2 is 1.80 bits per heavy atom. The van der Waals surface area contributed by atoms with E-state index in [9.17, 15) is 21.6 Å². The number of nitrogens with two attached hydrogens (primary N) is 1. The van der Waals surface area contributed by atoms with E-state index in [0.29, 0.717) is 0 Å². The zero-order valence-corrected chi connectivity index (χ0v) is 8.62. The molecule has 0 unspecified atom stereocenters. The first-order valence-electron chi connectivity index (χ1n) is 3.53. The first-order valence-corrected chi connectivity index (χ1v) is 5.39. The molecule has 0 fully saturated rings. The molecule has 0 atom stereocenters. The molecular weight excluding hydrogens is 255 g/mol. The second-order valence-electron chi connectivity index (χ2n) is 2.61. The Morgan fingerprint density at radius 1 is 1.27 bits per heavy atom. The number of rotatable bonds is 1. The summed E-state index contributed by atoms with van der Waals surface area (Å²) in [7, 11) is -5.49. The molecule has 0 aromatic heterocycles. The van der Waals surface area contributed by atoms with Crippen LogP contribution in [0.2, 0.25) is 5.02 Å². The maximum Gasteiger partial charge on any atom is 0.502 e. The Balaban J connectivity index is 3.55. The van der Waals surface area contributed by atoms with Gasteiger partial charge in [-0.15, -0.1) is 0 Å². The fourth-order valence-corrected chi connectivity index (χ4v) is 2.35. The second kappa shape index (κ2) is 3.57. The number of anilines is 1. The Labute approximate surface area is 88.6 Å². The summed E-state index contributed by atoms with van der Waals surface area (Å²) in [5.41, 5.74) is -0.798. The van der Waals surface area contributed by atoms with Gasteiger partial charge >= 0.3 is 5.51 Å². The van der Waals surface area contributed by atoms with Crippen molar-refractivity contribution >= 4 is 27.1 Å². The minimum atomic E-state index is -5.49. The van der Waals surface area contributed by atoms with Crippen LogP contribution in [-0.2, 0) is 9.84 Å². The van der Waals surface area contributed by atoms with Gasteiger partial charge in [0.2, 0.25) is 0 Å². The Morgan fingerprint density at radius 3 is 2.20 bits per heavy atom. The SMILES string of the molecule is Nc1cccc(Cl)c1S(=O)(=O)C(F)(F)F. The van der Waals surface area contributed by atoms with Crippen molar-refractivity contribution in [2.75, 3.05) is 5.73 Å². The molecule has 0 saturated heterocycles. The van der Waals surface area contributed by atoms with Crippen molar-refractivity contribution in [3.8, 4) is 0 Å². The van der Waals surface area contributed by atoms with E-state index in [1.165, 1.54) is 6.07 Å². The molecule has 0 aliphatic rings. The molecule has 0 heterocycles. The molecule has 1 aromatic rings. The third-order valence-electron chi connectivity index (χ3n) is 1.57. The quantitative estimate of drug-likeness (QED) is 0.787. The lowest BCUT2D eigenvalue weighted by molar-refractivity contribution is -0.0435. The van der Waals surface area contributed by atoms with Gasteiger partial charge in [0.15, 0.2) is 0 Å². The Hall–Kier alpha value is -0.950. The van der Waals surface area contributed by atoms with E-state index in [0.717, 1.165) is 12.1 Å². The fourth-order valence-electron chi connectivity index (χ4n) is 0.925. The number of benzene rings is 1. The van der Waals surface area contributed by atoms with Crippen molar-refractivity contribution in [1.29, 1.82) is 0 Å². The van der Waals surface area contributed by atoms with Gasteiger partial charge in [-0.1, -0.05) is 17.7 Å². The molecule has 0 bridgehead atoms. The molecule has 0 aliphatic heterocycles. The van der Waals surface area contributed by atoms with Crippen molar-refractivity contribution in [1.82, 2.24) is 0 Å². The van der Waals surface area contributed by atoms with Gasteiger partial charge < -0.3 is 5.73 Å². The lowest BCUT2D eigenvalue weighted by Crippen LogP contribution is -2.24. The maximum atomic E-state index is 12.2. The lowest BCUT2D eigenvalue weighted by atomic mass is 10.3. The second-order valence-corrected chi connectivity index (χ2v) is 4.89. The van der Waals surface area contributed by atoms with Crippen LogP contribution < -0.4 is 5.73 Å². The molecule has 0 radical (unpaired) electrons. The van der Waals surface area contributed by atoms with Crippen LogP contribution >= 0.6 is 11.6 Å². The number of alkyl halides is 3. The van der Waals surface area contributed by atoms with Crippen LogP contribution in [0, 0.1) is 0 Å². The van der Waals surface area contributed by atoms with Gasteiger partial charge in [0, 0.05) is 0 Å². The third-order valence-corrected chi connectivity index (χ3v) is 3.60. The molecule has 3 nitrogen and oxygen atoms in total. The van der Waals surface area contributed by atoms with Gasteiger partial charge in [0.25, 0.3) is 9.84 Å². The molecule has 1 rings (SSSR count). The molecule has 0 saturated carbocycles. The summed E-state index contributed by atoms with van der Waals surface area (Å²) in [4.78, 5) is -1.10. The highest BCUT2D eigenvalue weighted by Crippen LogP contribution is 2.37. The minimum absolute atomic E-state index is 0.528. The van der Waals surface area contributed by atoms with Gasteiger partial charge in [0.1, 0.15) is 4.90 Å². The van der Waals surface area contributed by atoms with Crippen molar-refractivity contribution < 1.29 is 21.6 Å². The van der Waals surface area contributed by atoms with Gasteiger partial charge in [-0.3, -0.25) is 0 Å². The Kier molecular flexibility index (Phi) is 2.88. The fraction of sp³-hybridized carbons (Fsp3) is 0.143. The van der Waals surface area contributed by atoms with Crippen molar-refractivity contribution in [2.45, 2.75) is 10.4 Å². The van der Waals surface area contributed by atoms with E-state index in [2.05, 4.69) is 0 Å². The van der Waals surface area contributed by atoms with Crippen LogP contribution in [0.5, 0.6) is 0 Å². The summed E-state index contributed by atoms with van der Waals surface area (Å²) in [6.07, 6.45) is 0. The largest absolute Gasteiger partial charge is 0.502 e. The molecular formula is C7H5ClF3NO2S. The average Bonchev–Trinajstić information content (AvgIpc) is 2.00. The predicted octanol–water partition coefficient (Wildman–Crippen LogP) is 2.22. The average molecular weight is 260 g/mol. The highest BCUT2D eigenvalue weighted by Gasteiger charge is 2.48. The van der Waals surface area contributed by atoms with Gasteiger partial charge in [0.05, 0.1) is 10.7 Å². The van der Waals surface area contributed by atoms with E-state index >= 15 is 0 Å². The van der Waals surface area contributed by atoms with Crippen LogP contribution in [0.15, 0.2) is 23.1 Å².